The number of allylic oxidation sites excluding steroid dienone is 3. The van der Waals surface area contributed by atoms with Crippen LogP contribution in [0.4, 0.5) is 0 Å². The molecule has 2 atom stereocenters. The lowest BCUT2D eigenvalue weighted by molar-refractivity contribution is -0.108. The number of ether oxygens (including phenoxy) is 1. The summed E-state index contributed by atoms with van der Waals surface area (Å²) >= 11 is 2.28. The zero-order valence-corrected chi connectivity index (χ0v) is 18.9. The van der Waals surface area contributed by atoms with Crippen molar-refractivity contribution >= 4 is 36.4 Å². The van der Waals surface area contributed by atoms with Gasteiger partial charge in [-0.3, -0.25) is 0 Å². The molecule has 0 aromatic heterocycles. The van der Waals surface area contributed by atoms with Crippen LogP contribution in [0.5, 0.6) is 0 Å². The molecule has 0 spiro atoms. The summed E-state index contributed by atoms with van der Waals surface area (Å²) in [4.78, 5) is 10.9. The molecule has 0 bridgehead atoms. The molecular formula is C19H33IN2O2S. The molecule has 6 heteroatoms. The van der Waals surface area contributed by atoms with E-state index in [1.165, 1.54) is 5.57 Å². The molecule has 4 nitrogen and oxygen atoms in total. The first-order chi connectivity index (χ1) is 11.8. The zero-order valence-electron chi connectivity index (χ0n) is 15.9. The van der Waals surface area contributed by atoms with Crippen LogP contribution < -0.4 is 11.1 Å². The van der Waals surface area contributed by atoms with Crippen molar-refractivity contribution in [2.75, 3.05) is 12.4 Å². The second kappa shape index (κ2) is 14.7. The summed E-state index contributed by atoms with van der Waals surface area (Å²) in [6.07, 6.45) is 7.62. The summed E-state index contributed by atoms with van der Waals surface area (Å²) in [5, 5.41) is 3.38. The number of rotatable bonds is 9. The first kappa shape index (κ1) is 24.5. The Morgan fingerprint density at radius 2 is 2.24 bits per heavy atom. The Balaban J connectivity index is 0.00000129. The molecule has 0 aromatic carbocycles. The highest BCUT2D eigenvalue weighted by Crippen LogP contribution is 2.31. The standard InChI is InChI=1S/C16H24INO2S.C3H9N/c1-4-16(20-9-10-21-17)14-5-6-15(18-12(2)3)13(11-14)7-8-19;1-3(2)4/h4-5,8,13,15,18H,2,6-7,9-11H2,1,3H3;3H,4H2,1-2H3/b16-4-;/t13-,15?;/m0./s1. The number of aldehydes is 1. The molecule has 0 amide bonds. The van der Waals surface area contributed by atoms with Gasteiger partial charge >= 0.3 is 0 Å². The molecule has 1 unspecified atom stereocenters. The number of nitrogens with two attached hydrogens (primary N) is 1. The van der Waals surface area contributed by atoms with Gasteiger partial charge in [-0.1, -0.05) is 35.4 Å². The van der Waals surface area contributed by atoms with E-state index in [1.807, 2.05) is 33.8 Å². The Bertz CT molecular complexity index is 462. The van der Waals surface area contributed by atoms with E-state index in [9.17, 15) is 4.79 Å². The van der Waals surface area contributed by atoms with Crippen LogP contribution in [0.3, 0.4) is 0 Å². The van der Waals surface area contributed by atoms with Gasteiger partial charge in [0.25, 0.3) is 0 Å². The number of carbonyl (C=O) groups is 1. The predicted molar refractivity (Wildman–Crippen MR) is 119 cm³/mol. The van der Waals surface area contributed by atoms with Crippen LogP contribution in [-0.2, 0) is 9.53 Å². The second-order valence-corrected chi connectivity index (χ2v) is 8.92. The molecule has 144 valence electrons. The first-order valence-electron chi connectivity index (χ1n) is 8.68. The molecule has 25 heavy (non-hydrogen) atoms. The fraction of sp³-hybridized carbons (Fsp3) is 0.632. The van der Waals surface area contributed by atoms with Gasteiger partial charge in [0.05, 0.1) is 6.61 Å². The van der Waals surface area contributed by atoms with Crippen molar-refractivity contribution in [1.82, 2.24) is 5.32 Å². The number of carbonyl (C=O) groups excluding carboxylic acids is 1. The van der Waals surface area contributed by atoms with Crippen molar-refractivity contribution in [3.8, 4) is 0 Å². The van der Waals surface area contributed by atoms with Gasteiger partial charge in [-0.05, 0) is 71.5 Å². The molecule has 0 saturated heterocycles. The topological polar surface area (TPSA) is 64.3 Å². The highest BCUT2D eigenvalue weighted by atomic mass is 127. The second-order valence-electron chi connectivity index (χ2n) is 6.42. The van der Waals surface area contributed by atoms with E-state index in [1.54, 1.807) is 8.93 Å². The third kappa shape index (κ3) is 11.7. The fourth-order valence-corrected chi connectivity index (χ4v) is 3.27. The molecule has 0 radical (unpaired) electrons. The predicted octanol–water partition coefficient (Wildman–Crippen LogP) is 4.76. The van der Waals surface area contributed by atoms with E-state index >= 15 is 0 Å². The minimum atomic E-state index is 0.291. The molecule has 0 aromatic rings. The van der Waals surface area contributed by atoms with Crippen molar-refractivity contribution in [3.05, 3.63) is 35.8 Å². The third-order valence-electron chi connectivity index (χ3n) is 3.50. The first-order valence-corrected chi connectivity index (χ1v) is 12.2. The molecule has 1 rings (SSSR count). The van der Waals surface area contributed by atoms with Crippen LogP contribution in [0, 0.1) is 5.92 Å². The Morgan fingerprint density at radius 1 is 1.60 bits per heavy atom. The maximum absolute atomic E-state index is 10.9. The summed E-state index contributed by atoms with van der Waals surface area (Å²) in [5.41, 5.74) is 7.29. The molecule has 1 aliphatic rings. The Morgan fingerprint density at radius 3 is 2.72 bits per heavy atom. The van der Waals surface area contributed by atoms with E-state index < -0.39 is 0 Å². The van der Waals surface area contributed by atoms with Crippen LogP contribution in [0.15, 0.2) is 35.8 Å². The normalized spacial score (nSPS) is 20.3. The van der Waals surface area contributed by atoms with E-state index in [0.29, 0.717) is 24.4 Å². The molecule has 3 N–H and O–H groups in total. The van der Waals surface area contributed by atoms with E-state index in [2.05, 4.69) is 39.2 Å². The summed E-state index contributed by atoms with van der Waals surface area (Å²) in [7, 11) is 1.75. The van der Waals surface area contributed by atoms with Crippen molar-refractivity contribution in [2.45, 2.75) is 59.0 Å². The number of nitrogens with one attached hydrogen (secondary N) is 1. The number of hydrogen-bond donors (Lipinski definition) is 2. The molecule has 1 aliphatic carbocycles. The van der Waals surface area contributed by atoms with Crippen LogP contribution in [0.1, 0.15) is 47.0 Å². The lowest BCUT2D eigenvalue weighted by Crippen LogP contribution is -2.37. The van der Waals surface area contributed by atoms with Crippen LogP contribution >= 0.6 is 30.1 Å². The highest BCUT2D eigenvalue weighted by Gasteiger charge is 2.27. The van der Waals surface area contributed by atoms with Gasteiger partial charge in [-0.2, -0.15) is 0 Å². The summed E-state index contributed by atoms with van der Waals surface area (Å²) in [5.74, 6) is 2.24. The maximum atomic E-state index is 10.9. The van der Waals surface area contributed by atoms with Gasteiger partial charge in [0.15, 0.2) is 0 Å². The quantitative estimate of drug-likeness (QED) is 0.216. The van der Waals surface area contributed by atoms with Gasteiger partial charge in [0.2, 0.25) is 0 Å². The third-order valence-corrected chi connectivity index (χ3v) is 5.14. The summed E-state index contributed by atoms with van der Waals surface area (Å²) < 4.78 is 5.85. The van der Waals surface area contributed by atoms with E-state index in [-0.39, 0.29) is 0 Å². The highest BCUT2D eigenvalue weighted by molar-refractivity contribution is 14.2. The monoisotopic (exact) mass is 480 g/mol. The van der Waals surface area contributed by atoms with Crippen LogP contribution in [-0.4, -0.2) is 30.7 Å². The van der Waals surface area contributed by atoms with Crippen molar-refractivity contribution in [3.63, 3.8) is 0 Å². The van der Waals surface area contributed by atoms with Crippen molar-refractivity contribution in [2.24, 2.45) is 11.7 Å². The SMILES string of the molecule is C=C(C)NC1CC=C(/C(=C/C)OCCSI)C[C@@H]1CC=O.CC(C)N. The molecular weight excluding hydrogens is 447 g/mol. The summed E-state index contributed by atoms with van der Waals surface area (Å²) in [6, 6.07) is 0.624. The largest absolute Gasteiger partial charge is 0.493 e. The lowest BCUT2D eigenvalue weighted by Gasteiger charge is -2.32. The van der Waals surface area contributed by atoms with Gasteiger partial charge < -0.3 is 20.6 Å². The average molecular weight is 480 g/mol. The fourth-order valence-electron chi connectivity index (χ4n) is 2.58. The molecule has 0 fully saturated rings. The Kier molecular flexibility index (Phi) is 14.4. The molecule has 0 aliphatic heterocycles. The Hall–Kier alpha value is -0.470. The van der Waals surface area contributed by atoms with Gasteiger partial charge in [0, 0.05) is 23.9 Å². The lowest BCUT2D eigenvalue weighted by atomic mass is 9.82. The smallest absolute Gasteiger partial charge is 0.120 e. The summed E-state index contributed by atoms with van der Waals surface area (Å²) in [6.45, 7) is 12.5. The number of halogens is 1. The van der Waals surface area contributed by atoms with E-state index in [0.717, 1.165) is 42.9 Å². The number of hydrogen-bond acceptors (Lipinski definition) is 5. The molecule has 0 saturated carbocycles. The van der Waals surface area contributed by atoms with E-state index in [4.69, 9.17) is 10.5 Å². The average Bonchev–Trinajstić information content (AvgIpc) is 2.53. The van der Waals surface area contributed by atoms with Crippen molar-refractivity contribution < 1.29 is 9.53 Å². The maximum Gasteiger partial charge on any atom is 0.120 e. The Labute approximate surface area is 169 Å². The van der Waals surface area contributed by atoms with Crippen LogP contribution in [0.2, 0.25) is 0 Å². The zero-order chi connectivity index (χ0) is 19.2. The van der Waals surface area contributed by atoms with Gasteiger partial charge in [-0.25, -0.2) is 0 Å². The molecule has 0 heterocycles. The van der Waals surface area contributed by atoms with Gasteiger partial charge in [-0.15, -0.1) is 0 Å². The van der Waals surface area contributed by atoms with Crippen molar-refractivity contribution in [1.29, 1.82) is 0 Å². The minimum absolute atomic E-state index is 0.291. The minimum Gasteiger partial charge on any atom is -0.493 e. The van der Waals surface area contributed by atoms with Crippen LogP contribution in [0.25, 0.3) is 0 Å². The van der Waals surface area contributed by atoms with Gasteiger partial charge in [0.1, 0.15) is 12.0 Å².